The first-order valence-electron chi connectivity index (χ1n) is 9.44. The molecule has 28 heavy (non-hydrogen) atoms. The molecule has 4 atom stereocenters. The minimum atomic E-state index is -4.64. The van der Waals surface area contributed by atoms with Gasteiger partial charge in [0.2, 0.25) is 0 Å². The summed E-state index contributed by atoms with van der Waals surface area (Å²) in [4.78, 5) is 19.0. The summed E-state index contributed by atoms with van der Waals surface area (Å²) in [7, 11) is 0. The van der Waals surface area contributed by atoms with Crippen molar-refractivity contribution in [1.29, 1.82) is 5.26 Å². The van der Waals surface area contributed by atoms with E-state index in [1.54, 1.807) is 11.0 Å². The maximum atomic E-state index is 13.7. The minimum absolute atomic E-state index is 0.0469. The Balaban J connectivity index is 1.68. The lowest BCUT2D eigenvalue weighted by Crippen LogP contribution is -2.56. The number of nitriles is 1. The lowest BCUT2D eigenvalue weighted by atomic mass is 9.60. The molecule has 4 aliphatic rings. The normalized spacial score (nSPS) is 29.0. The Hall–Kier alpha value is -2.50. The van der Waals surface area contributed by atoms with Crippen molar-refractivity contribution in [1.82, 2.24) is 4.98 Å². The largest absolute Gasteiger partial charge is 0.481 e. The Morgan fingerprint density at radius 3 is 2.54 bits per heavy atom. The van der Waals surface area contributed by atoms with Crippen LogP contribution in [0.3, 0.4) is 0 Å². The molecule has 1 aliphatic carbocycles. The van der Waals surface area contributed by atoms with Crippen molar-refractivity contribution in [2.24, 2.45) is 17.8 Å². The van der Waals surface area contributed by atoms with Crippen LogP contribution in [0.25, 0.3) is 0 Å². The number of rotatable bonds is 4. The summed E-state index contributed by atoms with van der Waals surface area (Å²) in [6.07, 6.45) is -2.78. The first kappa shape index (κ1) is 18.8. The summed E-state index contributed by atoms with van der Waals surface area (Å²) in [5.41, 5.74) is -1.37. The highest BCUT2D eigenvalue weighted by molar-refractivity contribution is 5.68. The van der Waals surface area contributed by atoms with Crippen LogP contribution in [0.5, 0.6) is 0 Å². The van der Waals surface area contributed by atoms with Gasteiger partial charge in [0.25, 0.3) is 0 Å². The van der Waals surface area contributed by atoms with Gasteiger partial charge in [-0.1, -0.05) is 0 Å². The average Bonchev–Trinajstić information content (AvgIpc) is 2.63. The summed E-state index contributed by atoms with van der Waals surface area (Å²) < 4.78 is 41.0. The highest BCUT2D eigenvalue weighted by Gasteiger charge is 2.48. The van der Waals surface area contributed by atoms with Gasteiger partial charge in [-0.25, -0.2) is 4.98 Å². The zero-order valence-corrected chi connectivity index (χ0v) is 15.4. The lowest BCUT2D eigenvalue weighted by Gasteiger charge is -2.54. The number of anilines is 2. The molecule has 0 aromatic carbocycles. The lowest BCUT2D eigenvalue weighted by molar-refractivity contribution is -0.141. The number of carboxylic acids is 1. The Morgan fingerprint density at radius 1 is 1.39 bits per heavy atom. The summed E-state index contributed by atoms with van der Waals surface area (Å²) >= 11 is 0. The molecule has 3 saturated heterocycles. The number of alkyl halides is 3. The smallest absolute Gasteiger partial charge is 0.417 e. The molecule has 1 aromatic rings. The molecule has 3 aliphatic heterocycles. The fourth-order valence-electron chi connectivity index (χ4n) is 4.76. The van der Waals surface area contributed by atoms with E-state index in [2.05, 4.69) is 4.98 Å². The summed E-state index contributed by atoms with van der Waals surface area (Å²) in [5.74, 6) is -0.0977. The monoisotopic (exact) mass is 394 g/mol. The van der Waals surface area contributed by atoms with Gasteiger partial charge in [-0.05, 0) is 43.6 Å². The summed E-state index contributed by atoms with van der Waals surface area (Å²) in [6.45, 7) is 3.48. The standard InChI is InChI=1S/C19H21F3N4O2/c1-10-2-3-26(10)18-14(7-23)15(19(20,21)22)6-16(24-18)25-8-11-4-12(9-25)13(11)5-17(27)28/h6,10-13H,2-5,8-9H2,1H3,(H,27,28)/t10?,11-,12+,13?. The fraction of sp³-hybridized carbons (Fsp3) is 0.632. The first-order chi connectivity index (χ1) is 13.2. The van der Waals surface area contributed by atoms with Crippen LogP contribution in [0, 0.1) is 29.1 Å². The van der Waals surface area contributed by atoms with Gasteiger partial charge < -0.3 is 14.9 Å². The number of fused-ring (bicyclic) bond motifs is 2. The number of pyridine rings is 1. The van der Waals surface area contributed by atoms with Crippen LogP contribution in [0.15, 0.2) is 6.07 Å². The van der Waals surface area contributed by atoms with E-state index in [-0.39, 0.29) is 41.9 Å². The van der Waals surface area contributed by atoms with Crippen LogP contribution in [0.4, 0.5) is 24.8 Å². The van der Waals surface area contributed by atoms with Crippen molar-refractivity contribution < 1.29 is 23.1 Å². The Morgan fingerprint density at radius 2 is 2.07 bits per heavy atom. The van der Waals surface area contributed by atoms with Gasteiger partial charge >= 0.3 is 12.1 Å². The van der Waals surface area contributed by atoms with Crippen molar-refractivity contribution in [2.45, 2.75) is 38.4 Å². The van der Waals surface area contributed by atoms with E-state index >= 15 is 0 Å². The number of hydrogen-bond acceptors (Lipinski definition) is 5. The molecule has 0 amide bonds. The molecule has 2 bridgehead atoms. The van der Waals surface area contributed by atoms with E-state index < -0.39 is 23.3 Å². The third-order valence-electron chi connectivity index (χ3n) is 6.46. The molecule has 5 rings (SSSR count). The van der Waals surface area contributed by atoms with Crippen molar-refractivity contribution in [3.63, 3.8) is 0 Å². The van der Waals surface area contributed by atoms with E-state index in [4.69, 9.17) is 5.11 Å². The third-order valence-corrected chi connectivity index (χ3v) is 6.46. The van der Waals surface area contributed by atoms with E-state index in [1.807, 2.05) is 11.8 Å². The number of carboxylic acid groups (broad SMARTS) is 1. The molecular weight excluding hydrogens is 373 g/mol. The zero-order chi connectivity index (χ0) is 20.2. The molecule has 4 heterocycles. The number of piperidine rings is 2. The van der Waals surface area contributed by atoms with Crippen molar-refractivity contribution in [3.8, 4) is 6.07 Å². The molecule has 4 fully saturated rings. The van der Waals surface area contributed by atoms with Gasteiger partial charge in [-0.2, -0.15) is 18.4 Å². The summed E-state index contributed by atoms with van der Waals surface area (Å²) in [5, 5.41) is 18.4. The third kappa shape index (κ3) is 3.05. The number of aliphatic carboxylic acids is 1. The number of hydrogen-bond donors (Lipinski definition) is 1. The van der Waals surface area contributed by atoms with E-state index in [9.17, 15) is 23.2 Å². The number of halogens is 3. The van der Waals surface area contributed by atoms with Gasteiger partial charge in [0.05, 0.1) is 5.56 Å². The SMILES string of the molecule is CC1CCN1c1nc(N2C[C@H]3C[C@@H](C2)C3CC(=O)O)cc(C(F)(F)F)c1C#N. The van der Waals surface area contributed by atoms with Crippen LogP contribution in [-0.4, -0.2) is 41.7 Å². The van der Waals surface area contributed by atoms with E-state index in [1.165, 1.54) is 0 Å². The van der Waals surface area contributed by atoms with Gasteiger partial charge in [0.15, 0.2) is 0 Å². The molecule has 9 heteroatoms. The second kappa shape index (κ2) is 6.54. The fourth-order valence-corrected chi connectivity index (χ4v) is 4.76. The molecule has 0 radical (unpaired) electrons. The molecule has 150 valence electrons. The van der Waals surface area contributed by atoms with E-state index in [0.717, 1.165) is 18.9 Å². The molecule has 0 spiro atoms. The van der Waals surface area contributed by atoms with E-state index in [0.29, 0.717) is 19.6 Å². The predicted molar refractivity (Wildman–Crippen MR) is 94.9 cm³/mol. The number of aromatic nitrogens is 1. The number of nitrogens with zero attached hydrogens (tertiary/aromatic N) is 4. The second-order valence-corrected chi connectivity index (χ2v) is 8.09. The van der Waals surface area contributed by atoms with Crippen LogP contribution < -0.4 is 9.80 Å². The quantitative estimate of drug-likeness (QED) is 0.845. The molecular formula is C19H21F3N4O2. The highest BCUT2D eigenvalue weighted by Crippen LogP contribution is 2.49. The molecule has 1 aromatic heterocycles. The second-order valence-electron chi connectivity index (χ2n) is 8.09. The van der Waals surface area contributed by atoms with Crippen molar-refractivity contribution in [3.05, 3.63) is 17.2 Å². The first-order valence-corrected chi connectivity index (χ1v) is 9.44. The average molecular weight is 394 g/mol. The molecule has 1 N–H and O–H groups in total. The summed E-state index contributed by atoms with van der Waals surface area (Å²) in [6, 6.07) is 2.73. The van der Waals surface area contributed by atoms with Crippen LogP contribution in [0.2, 0.25) is 0 Å². The predicted octanol–water partition coefficient (Wildman–Crippen LogP) is 3.12. The van der Waals surface area contributed by atoms with Gasteiger partial charge in [-0.3, -0.25) is 4.79 Å². The molecule has 6 nitrogen and oxygen atoms in total. The van der Waals surface area contributed by atoms with Gasteiger partial charge in [0, 0.05) is 32.1 Å². The Labute approximate surface area is 160 Å². The van der Waals surface area contributed by atoms with Crippen LogP contribution in [0.1, 0.15) is 37.3 Å². The molecule has 2 unspecified atom stereocenters. The highest BCUT2D eigenvalue weighted by atomic mass is 19.4. The minimum Gasteiger partial charge on any atom is -0.481 e. The van der Waals surface area contributed by atoms with Gasteiger partial charge in [0.1, 0.15) is 23.3 Å². The van der Waals surface area contributed by atoms with Crippen LogP contribution >= 0.6 is 0 Å². The molecule has 1 saturated carbocycles. The Kier molecular flexibility index (Phi) is 4.40. The number of carbonyl (C=O) groups is 1. The van der Waals surface area contributed by atoms with Crippen LogP contribution in [-0.2, 0) is 11.0 Å². The maximum absolute atomic E-state index is 13.7. The van der Waals surface area contributed by atoms with Crippen molar-refractivity contribution >= 4 is 17.6 Å². The van der Waals surface area contributed by atoms with Crippen molar-refractivity contribution in [2.75, 3.05) is 29.4 Å². The maximum Gasteiger partial charge on any atom is 0.417 e. The zero-order valence-electron chi connectivity index (χ0n) is 15.4. The Bertz CT molecular complexity index is 839. The topological polar surface area (TPSA) is 80.5 Å². The van der Waals surface area contributed by atoms with Gasteiger partial charge in [-0.15, -0.1) is 0 Å².